The highest BCUT2D eigenvalue weighted by Gasteiger charge is 2.40. The molecule has 8 rings (SSSR count). The van der Waals surface area contributed by atoms with Gasteiger partial charge in [0.15, 0.2) is 0 Å². The van der Waals surface area contributed by atoms with Crippen molar-refractivity contribution in [2.75, 3.05) is 4.90 Å². The molecule has 1 amide bonds. The number of rotatable bonds is 2. The van der Waals surface area contributed by atoms with E-state index in [2.05, 4.69) is 60.7 Å². The van der Waals surface area contributed by atoms with Crippen LogP contribution in [0.3, 0.4) is 0 Å². The van der Waals surface area contributed by atoms with Crippen LogP contribution in [-0.2, 0) is 11.2 Å². The summed E-state index contributed by atoms with van der Waals surface area (Å²) in [6.07, 6.45) is 1.78. The number of para-hydroxylation sites is 3. The molecule has 1 aliphatic heterocycles. The van der Waals surface area contributed by atoms with Crippen LogP contribution in [0.5, 0.6) is 0 Å². The molecule has 0 N–H and O–H groups in total. The Labute approximate surface area is 226 Å². The molecule has 2 heterocycles. The summed E-state index contributed by atoms with van der Waals surface area (Å²) in [5.41, 5.74) is 10.1. The number of hydrogen-bond acceptors (Lipinski definition) is 2. The second-order valence-electron chi connectivity index (χ2n) is 10.3. The van der Waals surface area contributed by atoms with Gasteiger partial charge in [-0.15, -0.1) is 0 Å². The predicted octanol–water partition coefficient (Wildman–Crippen LogP) is 8.80. The van der Waals surface area contributed by atoms with E-state index in [9.17, 15) is 4.79 Å². The minimum atomic E-state index is -0.00974. The van der Waals surface area contributed by atoms with Crippen LogP contribution in [0.2, 0.25) is 0 Å². The Hall–Kier alpha value is -4.89. The molecular formula is C36H25NO2. The van der Waals surface area contributed by atoms with E-state index in [4.69, 9.17) is 4.42 Å². The maximum absolute atomic E-state index is 14.9. The van der Waals surface area contributed by atoms with E-state index in [-0.39, 0.29) is 11.8 Å². The number of benzene rings is 5. The summed E-state index contributed by atoms with van der Waals surface area (Å²) in [6.45, 7) is 0. The van der Waals surface area contributed by atoms with E-state index in [0.717, 1.165) is 68.4 Å². The van der Waals surface area contributed by atoms with Crippen LogP contribution in [0.1, 0.15) is 34.6 Å². The Morgan fingerprint density at radius 3 is 2.31 bits per heavy atom. The number of carbonyl (C=O) groups excluding carboxylic acids is 1. The summed E-state index contributed by atoms with van der Waals surface area (Å²) < 4.78 is 6.29. The van der Waals surface area contributed by atoms with Gasteiger partial charge < -0.3 is 4.42 Å². The van der Waals surface area contributed by atoms with Crippen molar-refractivity contribution < 1.29 is 9.21 Å². The lowest BCUT2D eigenvalue weighted by molar-refractivity contribution is -0.114. The molecule has 0 saturated carbocycles. The van der Waals surface area contributed by atoms with Gasteiger partial charge in [-0.05, 0) is 71.0 Å². The van der Waals surface area contributed by atoms with E-state index < -0.39 is 0 Å². The van der Waals surface area contributed by atoms with Crippen LogP contribution in [0.25, 0.3) is 27.5 Å². The molecule has 0 saturated heterocycles. The van der Waals surface area contributed by atoms with Crippen LogP contribution in [0.15, 0.2) is 131 Å². The standard InChI is InChI=1S/C36H25NO2/c38-36-35-27(26-15-6-8-18-30(26)37(36)24-12-2-1-3-13-24)22-21-23-11-4-5-14-25(23)34(35)29-17-10-20-32-33(29)28-16-7-9-19-31(28)39-32/h1-20,27H,21-22H2. The minimum absolute atomic E-state index is 0.00974. The Morgan fingerprint density at radius 1 is 0.667 bits per heavy atom. The largest absolute Gasteiger partial charge is 0.456 e. The van der Waals surface area contributed by atoms with Crippen molar-refractivity contribution in [3.8, 4) is 0 Å². The van der Waals surface area contributed by atoms with Crippen molar-refractivity contribution in [2.24, 2.45) is 0 Å². The average molecular weight is 504 g/mol. The Morgan fingerprint density at radius 2 is 1.38 bits per heavy atom. The summed E-state index contributed by atoms with van der Waals surface area (Å²) in [7, 11) is 0. The highest BCUT2D eigenvalue weighted by Crippen LogP contribution is 2.51. The Bertz CT molecular complexity index is 1950. The first-order chi connectivity index (χ1) is 19.3. The average Bonchev–Trinajstić information content (AvgIpc) is 3.28. The number of fused-ring (bicyclic) bond motifs is 7. The lowest BCUT2D eigenvalue weighted by atomic mass is 9.78. The molecule has 0 radical (unpaired) electrons. The first kappa shape index (κ1) is 22.1. The molecule has 39 heavy (non-hydrogen) atoms. The zero-order chi connectivity index (χ0) is 25.9. The fourth-order valence-electron chi connectivity index (χ4n) is 6.63. The summed E-state index contributed by atoms with van der Waals surface area (Å²) in [5.74, 6) is 0.0332. The van der Waals surface area contributed by atoms with Gasteiger partial charge in [0.2, 0.25) is 0 Å². The third-order valence-electron chi connectivity index (χ3n) is 8.28. The van der Waals surface area contributed by atoms with Crippen molar-refractivity contribution in [1.29, 1.82) is 0 Å². The van der Waals surface area contributed by atoms with E-state index in [0.29, 0.717) is 0 Å². The van der Waals surface area contributed by atoms with Crippen LogP contribution >= 0.6 is 0 Å². The maximum atomic E-state index is 14.9. The molecular weight excluding hydrogens is 478 g/mol. The second kappa shape index (κ2) is 8.57. The molecule has 3 nitrogen and oxygen atoms in total. The van der Waals surface area contributed by atoms with Crippen LogP contribution in [-0.4, -0.2) is 5.91 Å². The normalized spacial score (nSPS) is 16.7. The summed E-state index contributed by atoms with van der Waals surface area (Å²) in [5, 5.41) is 2.13. The lowest BCUT2D eigenvalue weighted by Crippen LogP contribution is -2.35. The fourth-order valence-corrected chi connectivity index (χ4v) is 6.63. The van der Waals surface area contributed by atoms with Crippen LogP contribution in [0, 0.1) is 0 Å². The lowest BCUT2D eigenvalue weighted by Gasteiger charge is -2.36. The minimum Gasteiger partial charge on any atom is -0.456 e. The number of amides is 1. The van der Waals surface area contributed by atoms with Crippen LogP contribution in [0.4, 0.5) is 11.4 Å². The molecule has 1 aliphatic carbocycles. The number of aryl methyl sites for hydroxylation is 1. The molecule has 0 fully saturated rings. The van der Waals surface area contributed by atoms with Crippen molar-refractivity contribution in [2.45, 2.75) is 18.8 Å². The smallest absolute Gasteiger partial charge is 0.260 e. The molecule has 2 aliphatic rings. The summed E-state index contributed by atoms with van der Waals surface area (Å²) >= 11 is 0. The van der Waals surface area contributed by atoms with Gasteiger partial charge in [-0.2, -0.15) is 0 Å². The molecule has 1 unspecified atom stereocenters. The van der Waals surface area contributed by atoms with E-state index in [1.54, 1.807) is 0 Å². The van der Waals surface area contributed by atoms with Gasteiger partial charge in [-0.1, -0.05) is 91.0 Å². The monoisotopic (exact) mass is 503 g/mol. The molecule has 186 valence electrons. The number of carbonyl (C=O) groups is 1. The molecule has 3 heteroatoms. The van der Waals surface area contributed by atoms with Crippen molar-refractivity contribution in [1.82, 2.24) is 0 Å². The van der Waals surface area contributed by atoms with Crippen molar-refractivity contribution in [3.63, 3.8) is 0 Å². The first-order valence-corrected chi connectivity index (χ1v) is 13.5. The number of furan rings is 1. The zero-order valence-electron chi connectivity index (χ0n) is 21.3. The van der Waals surface area contributed by atoms with E-state index in [1.807, 2.05) is 65.6 Å². The highest BCUT2D eigenvalue weighted by atomic mass is 16.3. The molecule has 6 aromatic rings. The number of anilines is 2. The van der Waals surface area contributed by atoms with Crippen LogP contribution < -0.4 is 4.90 Å². The molecule has 1 atom stereocenters. The number of nitrogens with zero attached hydrogens (tertiary/aromatic N) is 1. The van der Waals surface area contributed by atoms with Crippen molar-refractivity contribution >= 4 is 44.8 Å². The molecule has 5 aromatic carbocycles. The highest BCUT2D eigenvalue weighted by molar-refractivity contribution is 6.22. The SMILES string of the molecule is O=C1C2=C(c3cccc4oc5ccccc5c34)c3ccccc3CCC2c2ccccc2N1c1ccccc1. The second-order valence-corrected chi connectivity index (χ2v) is 10.3. The topological polar surface area (TPSA) is 33.5 Å². The summed E-state index contributed by atoms with van der Waals surface area (Å²) in [6, 6.07) is 41.4. The van der Waals surface area contributed by atoms with Gasteiger partial charge in [0, 0.05) is 28.0 Å². The van der Waals surface area contributed by atoms with Gasteiger partial charge in [0.1, 0.15) is 11.2 Å². The number of hydrogen-bond donors (Lipinski definition) is 0. The van der Waals surface area contributed by atoms with Gasteiger partial charge in [-0.3, -0.25) is 9.69 Å². The first-order valence-electron chi connectivity index (χ1n) is 13.5. The third kappa shape index (κ3) is 3.26. The van der Waals surface area contributed by atoms with Gasteiger partial charge in [-0.25, -0.2) is 0 Å². The Balaban J connectivity index is 1.52. The van der Waals surface area contributed by atoms with E-state index >= 15 is 0 Å². The van der Waals surface area contributed by atoms with Gasteiger partial charge in [0.25, 0.3) is 5.91 Å². The summed E-state index contributed by atoms with van der Waals surface area (Å²) in [4.78, 5) is 16.8. The molecule has 0 spiro atoms. The zero-order valence-corrected chi connectivity index (χ0v) is 21.3. The van der Waals surface area contributed by atoms with Gasteiger partial charge in [0.05, 0.1) is 5.69 Å². The van der Waals surface area contributed by atoms with Gasteiger partial charge >= 0.3 is 0 Å². The molecule has 0 bridgehead atoms. The Kier molecular flexibility index (Phi) is 4.86. The predicted molar refractivity (Wildman–Crippen MR) is 157 cm³/mol. The third-order valence-corrected chi connectivity index (χ3v) is 8.28. The maximum Gasteiger partial charge on any atom is 0.260 e. The van der Waals surface area contributed by atoms with E-state index in [1.165, 1.54) is 11.1 Å². The quantitative estimate of drug-likeness (QED) is 0.237. The fraction of sp³-hybridized carbons (Fsp3) is 0.0833. The molecule has 1 aromatic heterocycles. The van der Waals surface area contributed by atoms with Crippen molar-refractivity contribution in [3.05, 3.63) is 149 Å².